The number of ether oxygens (including phenoxy) is 2. The number of fused-ring (bicyclic) bond motifs is 1. The lowest BCUT2D eigenvalue weighted by molar-refractivity contribution is -0.619. The van der Waals surface area contributed by atoms with Crippen LogP contribution in [0.5, 0.6) is 11.6 Å². The number of rotatable bonds is 7. The van der Waals surface area contributed by atoms with Crippen LogP contribution in [-0.2, 0) is 9.84 Å². The van der Waals surface area contributed by atoms with Gasteiger partial charge in [-0.05, 0) is 44.6 Å². The third-order valence-electron chi connectivity index (χ3n) is 6.93. The summed E-state index contributed by atoms with van der Waals surface area (Å²) in [6, 6.07) is 1.36. The van der Waals surface area contributed by atoms with Gasteiger partial charge in [0.2, 0.25) is 18.0 Å². The monoisotopic (exact) mass is 561 g/mol. The molecule has 0 spiro atoms. The molecule has 38 heavy (non-hydrogen) atoms. The first-order chi connectivity index (χ1) is 17.5. The molecule has 0 saturated carbocycles. The van der Waals surface area contributed by atoms with Crippen molar-refractivity contribution in [3.63, 3.8) is 0 Å². The van der Waals surface area contributed by atoms with Crippen LogP contribution in [0.4, 0.5) is 17.6 Å². The molecule has 1 aromatic rings. The first-order valence-corrected chi connectivity index (χ1v) is 13.7. The molecule has 1 saturated heterocycles. The van der Waals surface area contributed by atoms with E-state index in [9.17, 15) is 26.5 Å². The number of hydrogen-bond donors (Lipinski definition) is 1. The highest BCUT2D eigenvalue weighted by Gasteiger charge is 2.50. The van der Waals surface area contributed by atoms with Crippen LogP contribution in [0.15, 0.2) is 47.5 Å². The summed E-state index contributed by atoms with van der Waals surface area (Å²) in [5.41, 5.74) is -1.18. The molecular weight excluding hydrogens is 532 g/mol. The van der Waals surface area contributed by atoms with Crippen molar-refractivity contribution in [2.75, 3.05) is 24.7 Å². The Kier molecular flexibility index (Phi) is 7.00. The van der Waals surface area contributed by atoms with Crippen LogP contribution >= 0.6 is 0 Å². The molecule has 1 aromatic heterocycles. The smallest absolute Gasteiger partial charge is 0.422 e. The second-order valence-electron chi connectivity index (χ2n) is 10.2. The van der Waals surface area contributed by atoms with E-state index in [0.717, 1.165) is 0 Å². The van der Waals surface area contributed by atoms with Crippen molar-refractivity contribution in [2.24, 2.45) is 0 Å². The molecule has 9 nitrogen and oxygen atoms in total. The Labute approximate surface area is 217 Å². The fourth-order valence-corrected chi connectivity index (χ4v) is 6.29. The molecule has 0 amide bonds. The maximum atomic E-state index is 15.7. The minimum atomic E-state index is -4.56. The Balaban J connectivity index is 1.56. The summed E-state index contributed by atoms with van der Waals surface area (Å²) in [6.45, 7) is 4.68. The van der Waals surface area contributed by atoms with Gasteiger partial charge in [0.25, 0.3) is 5.88 Å². The Hall–Kier alpha value is -3.16. The Morgan fingerprint density at radius 1 is 1.21 bits per heavy atom. The number of nitrogens with one attached hydrogen (secondary N) is 1. The van der Waals surface area contributed by atoms with Gasteiger partial charge in [-0.3, -0.25) is 4.90 Å². The summed E-state index contributed by atoms with van der Waals surface area (Å²) < 4.78 is 88.8. The number of aromatic nitrogens is 1. The van der Waals surface area contributed by atoms with Gasteiger partial charge in [0.05, 0.1) is 17.2 Å². The maximum absolute atomic E-state index is 15.7. The lowest BCUT2D eigenvalue weighted by Gasteiger charge is -2.37. The number of nitroso groups, excluding NO2 is 1. The quantitative estimate of drug-likeness (QED) is 0.303. The number of hydrogen-bond acceptors (Lipinski definition) is 8. The highest BCUT2D eigenvalue weighted by atomic mass is 32.2. The molecule has 208 valence electrons. The van der Waals surface area contributed by atoms with Crippen LogP contribution < -0.4 is 14.8 Å². The normalized spacial score (nSPS) is 24.3. The molecule has 1 N–H and O–H groups in total. The van der Waals surface area contributed by atoms with E-state index in [-0.39, 0.29) is 59.7 Å². The average Bonchev–Trinajstić information content (AvgIpc) is 3.07. The van der Waals surface area contributed by atoms with Crippen molar-refractivity contribution in [2.45, 2.75) is 57.9 Å². The topological polar surface area (TPSA) is 101 Å². The lowest BCUT2D eigenvalue weighted by Crippen LogP contribution is -2.50. The van der Waals surface area contributed by atoms with Crippen LogP contribution in [0.25, 0.3) is 0 Å². The van der Waals surface area contributed by atoms with Gasteiger partial charge in [0.1, 0.15) is 17.1 Å². The predicted octanol–water partition coefficient (Wildman–Crippen LogP) is 4.02. The van der Waals surface area contributed by atoms with E-state index in [0.29, 0.717) is 10.3 Å². The zero-order chi connectivity index (χ0) is 28.1. The summed E-state index contributed by atoms with van der Waals surface area (Å²) in [5.74, 6) is -1.25. The van der Waals surface area contributed by atoms with Gasteiger partial charge >= 0.3 is 6.18 Å². The second-order valence-corrected chi connectivity index (χ2v) is 12.5. The Morgan fingerprint density at radius 3 is 2.50 bits per heavy atom. The summed E-state index contributed by atoms with van der Waals surface area (Å²) in [6.07, 6.45) is 0.259. The SMILES string of the molecule is CC1=C(Oc2ncc(C)cc2OCC(F)(F)F)C=CC2(C)NC(C[N+](=O)C3(C)CCS(=O)(=O)CC3)=C(F)N12. The zero-order valence-corrected chi connectivity index (χ0v) is 22.2. The van der Waals surface area contributed by atoms with E-state index in [4.69, 9.17) is 9.47 Å². The van der Waals surface area contributed by atoms with Gasteiger partial charge in [0, 0.05) is 35.6 Å². The van der Waals surface area contributed by atoms with E-state index in [1.54, 1.807) is 33.8 Å². The fraction of sp³-hybridized carbons (Fsp3) is 0.542. The number of aryl methyl sites for hydroxylation is 1. The van der Waals surface area contributed by atoms with Crippen LogP contribution in [0.1, 0.15) is 39.2 Å². The average molecular weight is 562 g/mol. The Bertz CT molecular complexity index is 1340. The number of allylic oxidation sites excluding steroid dienone is 2. The van der Waals surface area contributed by atoms with Crippen molar-refractivity contribution >= 4 is 9.84 Å². The molecule has 0 aromatic carbocycles. The fourth-order valence-electron chi connectivity index (χ4n) is 4.58. The molecule has 4 heterocycles. The van der Waals surface area contributed by atoms with Gasteiger partial charge in [-0.2, -0.15) is 17.6 Å². The van der Waals surface area contributed by atoms with Crippen LogP contribution in [0.3, 0.4) is 0 Å². The molecule has 0 aliphatic carbocycles. The summed E-state index contributed by atoms with van der Waals surface area (Å²) >= 11 is 0. The van der Waals surface area contributed by atoms with Gasteiger partial charge in [-0.25, -0.2) is 13.4 Å². The minimum Gasteiger partial charge on any atom is -0.478 e. The first kappa shape index (κ1) is 27.9. The molecule has 14 heteroatoms. The van der Waals surface area contributed by atoms with Crippen LogP contribution in [0.2, 0.25) is 0 Å². The molecule has 0 radical (unpaired) electrons. The highest BCUT2D eigenvalue weighted by molar-refractivity contribution is 7.91. The van der Waals surface area contributed by atoms with E-state index >= 15 is 4.39 Å². The van der Waals surface area contributed by atoms with Crippen molar-refractivity contribution in [3.8, 4) is 11.6 Å². The van der Waals surface area contributed by atoms with Crippen molar-refractivity contribution in [1.82, 2.24) is 15.2 Å². The van der Waals surface area contributed by atoms with Gasteiger partial charge in [-0.1, -0.05) is 0 Å². The van der Waals surface area contributed by atoms with Gasteiger partial charge in [-0.15, -0.1) is 0 Å². The zero-order valence-electron chi connectivity index (χ0n) is 21.4. The third kappa shape index (κ3) is 5.64. The predicted molar refractivity (Wildman–Crippen MR) is 129 cm³/mol. The second kappa shape index (κ2) is 9.54. The minimum absolute atomic E-state index is 0.0186. The molecule has 3 aliphatic heterocycles. The van der Waals surface area contributed by atoms with Crippen LogP contribution in [-0.4, -0.2) is 65.1 Å². The first-order valence-electron chi connectivity index (χ1n) is 11.9. The van der Waals surface area contributed by atoms with Crippen molar-refractivity contribution in [1.29, 1.82) is 0 Å². The van der Waals surface area contributed by atoms with Crippen molar-refractivity contribution < 1.29 is 40.2 Å². The van der Waals surface area contributed by atoms with E-state index in [2.05, 4.69) is 10.3 Å². The van der Waals surface area contributed by atoms with E-state index < -0.39 is 39.8 Å². The standard InChI is InChI=1S/C24H29F4N4O5S/c1-15-11-19(36-14-24(26,27)28)21(29-12-15)37-18-5-6-23(4)30-17(20(25)32(23)16(18)2)13-31(33)22(3)7-9-38(34,35)10-8-22/h5-6,11-12,30H,7-10,13-14H2,1-4H3/q+1. The molecular formula is C24H29F4N4O5S+. The third-order valence-corrected chi connectivity index (χ3v) is 8.58. The Morgan fingerprint density at radius 2 is 1.87 bits per heavy atom. The van der Waals surface area contributed by atoms with Crippen molar-refractivity contribution in [3.05, 3.63) is 58.0 Å². The molecule has 1 unspecified atom stereocenters. The maximum Gasteiger partial charge on any atom is 0.422 e. The number of sulfone groups is 1. The van der Waals surface area contributed by atoms with Gasteiger partial charge < -0.3 is 14.8 Å². The summed E-state index contributed by atoms with van der Waals surface area (Å²) in [7, 11) is -3.18. The largest absolute Gasteiger partial charge is 0.478 e. The highest BCUT2D eigenvalue weighted by Crippen LogP contribution is 2.40. The number of nitrogens with zero attached hydrogens (tertiary/aromatic N) is 3. The van der Waals surface area contributed by atoms with E-state index in [1.807, 2.05) is 0 Å². The van der Waals surface area contributed by atoms with Crippen LogP contribution in [0, 0.1) is 11.8 Å². The number of alkyl halides is 3. The molecule has 4 rings (SSSR count). The summed E-state index contributed by atoms with van der Waals surface area (Å²) in [4.78, 5) is 18.4. The molecule has 1 atom stereocenters. The molecule has 1 fully saturated rings. The number of pyridine rings is 1. The molecule has 3 aliphatic rings. The van der Waals surface area contributed by atoms with E-state index in [1.165, 1.54) is 23.2 Å². The molecule has 0 bridgehead atoms. The summed E-state index contributed by atoms with van der Waals surface area (Å²) in [5, 5.41) is 3.02. The lowest BCUT2D eigenvalue weighted by atomic mass is 9.94. The van der Waals surface area contributed by atoms with Gasteiger partial charge in [0.15, 0.2) is 22.2 Å². The number of halogens is 4.